The smallest absolute Gasteiger partial charge is 0.236 e. The van der Waals surface area contributed by atoms with Crippen LogP contribution in [-0.4, -0.2) is 5.91 Å². The Morgan fingerprint density at radius 2 is 2.00 bits per heavy atom. The molecule has 0 unspecified atom stereocenters. The second-order valence-corrected chi connectivity index (χ2v) is 2.26. The average Bonchev–Trinajstić information content (AvgIpc) is 2.16. The van der Waals surface area contributed by atoms with Crippen LogP contribution in [0.4, 0.5) is 11.4 Å². The maximum Gasteiger partial charge on any atom is 0.236 e. The van der Waals surface area contributed by atoms with Gasteiger partial charge in [0.05, 0.1) is 13.1 Å². The number of para-hydroxylation sites is 1. The van der Waals surface area contributed by atoms with E-state index < -0.39 is 5.91 Å². The molecule has 0 saturated heterocycles. The second kappa shape index (κ2) is 3.38. The van der Waals surface area contributed by atoms with Gasteiger partial charge in [-0.05, 0) is 0 Å². The number of primary amides is 1. The summed E-state index contributed by atoms with van der Waals surface area (Å²) in [4.78, 5) is 17.0. The summed E-state index contributed by atoms with van der Waals surface area (Å²) in [5.41, 5.74) is 5.32. The van der Waals surface area contributed by atoms with Crippen molar-refractivity contribution in [2.75, 3.05) is 0 Å². The zero-order valence-electron chi connectivity index (χ0n) is 6.61. The topological polar surface area (TPSA) is 51.8 Å². The largest absolute Gasteiger partial charge is 0.367 e. The molecule has 0 saturated carbocycles. The monoisotopic (exact) mass is 171 g/mol. The molecule has 62 valence electrons. The van der Waals surface area contributed by atoms with E-state index in [1.807, 2.05) is 0 Å². The summed E-state index contributed by atoms with van der Waals surface area (Å²) in [7, 11) is 0. The number of carbonyl (C=O) groups is 1. The fraction of sp³-hybridized carbons (Fsp3) is 0. The maximum atomic E-state index is 10.8. The Labute approximate surface area is 75.2 Å². The van der Waals surface area contributed by atoms with Crippen LogP contribution in [0.2, 0.25) is 0 Å². The van der Waals surface area contributed by atoms with E-state index in [0.717, 1.165) is 0 Å². The van der Waals surface area contributed by atoms with Gasteiger partial charge in [0.2, 0.25) is 11.6 Å². The summed E-state index contributed by atoms with van der Waals surface area (Å²) in [6.45, 7) is 13.6. The van der Waals surface area contributed by atoms with Gasteiger partial charge in [-0.15, -0.1) is 0 Å². The van der Waals surface area contributed by atoms with Crippen molar-refractivity contribution in [2.24, 2.45) is 5.73 Å². The van der Waals surface area contributed by atoms with E-state index >= 15 is 0 Å². The minimum absolute atomic E-state index is 0.0324. The van der Waals surface area contributed by atoms with Crippen LogP contribution in [0, 0.1) is 13.1 Å². The summed E-state index contributed by atoms with van der Waals surface area (Å²) >= 11 is 0. The molecule has 0 bridgehead atoms. The molecular formula is C9H5N3O. The van der Waals surface area contributed by atoms with E-state index in [1.54, 1.807) is 0 Å². The third kappa shape index (κ3) is 1.47. The lowest BCUT2D eigenvalue weighted by Crippen LogP contribution is -2.10. The zero-order chi connectivity index (χ0) is 9.84. The first-order valence-electron chi connectivity index (χ1n) is 3.38. The van der Waals surface area contributed by atoms with E-state index in [-0.39, 0.29) is 16.9 Å². The molecule has 0 aliphatic rings. The molecule has 0 aliphatic heterocycles. The van der Waals surface area contributed by atoms with E-state index in [1.165, 1.54) is 18.2 Å². The molecule has 1 aromatic carbocycles. The lowest BCUT2D eigenvalue weighted by molar-refractivity contribution is 0.100. The van der Waals surface area contributed by atoms with Crippen LogP contribution in [0.15, 0.2) is 18.2 Å². The third-order valence-corrected chi connectivity index (χ3v) is 1.51. The summed E-state index contributed by atoms with van der Waals surface area (Å²) < 4.78 is 0. The molecule has 13 heavy (non-hydrogen) atoms. The van der Waals surface area contributed by atoms with Crippen molar-refractivity contribution in [3.63, 3.8) is 0 Å². The van der Waals surface area contributed by atoms with Gasteiger partial charge in [0, 0.05) is 5.56 Å². The Bertz CT molecular complexity index is 437. The average molecular weight is 171 g/mol. The molecule has 1 rings (SSSR count). The minimum atomic E-state index is -0.684. The number of amides is 1. The molecule has 0 fully saturated rings. The van der Waals surface area contributed by atoms with Crippen LogP contribution in [0.5, 0.6) is 0 Å². The Morgan fingerprint density at radius 1 is 1.31 bits per heavy atom. The predicted octanol–water partition coefficient (Wildman–Crippen LogP) is 1.89. The third-order valence-electron chi connectivity index (χ3n) is 1.51. The summed E-state index contributed by atoms with van der Waals surface area (Å²) in [5, 5.41) is 0. The first-order chi connectivity index (χ1) is 6.20. The van der Waals surface area contributed by atoms with Gasteiger partial charge in [0.15, 0.2) is 5.69 Å². The van der Waals surface area contributed by atoms with Gasteiger partial charge in [-0.3, -0.25) is 9.64 Å². The quantitative estimate of drug-likeness (QED) is 0.644. The van der Waals surface area contributed by atoms with Gasteiger partial charge in [0.1, 0.15) is 0 Å². The molecular weight excluding hydrogens is 166 g/mol. The highest BCUT2D eigenvalue weighted by molar-refractivity contribution is 6.01. The maximum absolute atomic E-state index is 10.8. The predicted molar refractivity (Wildman–Crippen MR) is 47.5 cm³/mol. The molecule has 0 aliphatic carbocycles. The van der Waals surface area contributed by atoms with Crippen LogP contribution < -0.4 is 5.73 Å². The molecule has 0 atom stereocenters. The molecule has 0 radical (unpaired) electrons. The SMILES string of the molecule is [C-]#[N+]c1cccc(C(N)=O)c1[N+]#[C-]. The Morgan fingerprint density at radius 3 is 2.46 bits per heavy atom. The fourth-order valence-electron chi connectivity index (χ4n) is 0.938. The van der Waals surface area contributed by atoms with Crippen molar-refractivity contribution in [3.05, 3.63) is 46.6 Å². The van der Waals surface area contributed by atoms with Crippen LogP contribution in [0.1, 0.15) is 10.4 Å². The van der Waals surface area contributed by atoms with Gasteiger partial charge in [0.25, 0.3) is 0 Å². The van der Waals surface area contributed by atoms with Crippen molar-refractivity contribution in [2.45, 2.75) is 0 Å². The number of nitrogens with two attached hydrogens (primary N) is 1. The van der Waals surface area contributed by atoms with Crippen LogP contribution >= 0.6 is 0 Å². The van der Waals surface area contributed by atoms with Crippen molar-refractivity contribution < 1.29 is 4.79 Å². The van der Waals surface area contributed by atoms with Gasteiger partial charge >= 0.3 is 0 Å². The first-order valence-corrected chi connectivity index (χ1v) is 3.38. The molecule has 1 amide bonds. The molecule has 0 spiro atoms. The molecule has 1 aromatic rings. The standard InChI is InChI=1S/C9H5N3O/c1-11-7-5-3-4-6(9(10)13)8(7)12-2/h3-5H,(H2,10,13). The highest BCUT2D eigenvalue weighted by Crippen LogP contribution is 2.31. The van der Waals surface area contributed by atoms with Crippen LogP contribution in [0.25, 0.3) is 9.69 Å². The van der Waals surface area contributed by atoms with E-state index in [4.69, 9.17) is 18.9 Å². The van der Waals surface area contributed by atoms with E-state index in [9.17, 15) is 4.79 Å². The van der Waals surface area contributed by atoms with Crippen molar-refractivity contribution in [1.29, 1.82) is 0 Å². The van der Waals surface area contributed by atoms with Gasteiger partial charge in [-0.1, -0.05) is 18.2 Å². The normalized spacial score (nSPS) is 8.46. The molecule has 4 heteroatoms. The summed E-state index contributed by atoms with van der Waals surface area (Å²) in [6, 6.07) is 4.44. The summed E-state index contributed by atoms with van der Waals surface area (Å²) in [5.74, 6) is -0.684. The first kappa shape index (κ1) is 8.76. The summed E-state index contributed by atoms with van der Waals surface area (Å²) in [6.07, 6.45) is 0. The van der Waals surface area contributed by atoms with E-state index in [2.05, 4.69) is 9.69 Å². The van der Waals surface area contributed by atoms with Crippen molar-refractivity contribution >= 4 is 17.3 Å². The van der Waals surface area contributed by atoms with Crippen molar-refractivity contribution in [1.82, 2.24) is 0 Å². The lowest BCUT2D eigenvalue weighted by atomic mass is 10.1. The molecule has 0 heterocycles. The number of hydrogen-bond acceptors (Lipinski definition) is 1. The zero-order valence-corrected chi connectivity index (χ0v) is 6.61. The van der Waals surface area contributed by atoms with Gasteiger partial charge in [-0.2, -0.15) is 0 Å². The highest BCUT2D eigenvalue weighted by Gasteiger charge is 2.11. The van der Waals surface area contributed by atoms with Crippen LogP contribution in [0.3, 0.4) is 0 Å². The Hall–Kier alpha value is -2.33. The number of carbonyl (C=O) groups excluding carboxylic acids is 1. The molecule has 2 N–H and O–H groups in total. The number of nitrogens with zero attached hydrogens (tertiary/aromatic N) is 2. The molecule has 4 nitrogen and oxygen atoms in total. The molecule has 0 aromatic heterocycles. The van der Waals surface area contributed by atoms with Gasteiger partial charge < -0.3 is 5.73 Å². The van der Waals surface area contributed by atoms with Crippen LogP contribution in [-0.2, 0) is 0 Å². The van der Waals surface area contributed by atoms with Crippen molar-refractivity contribution in [3.8, 4) is 0 Å². The second-order valence-electron chi connectivity index (χ2n) is 2.26. The van der Waals surface area contributed by atoms with Gasteiger partial charge in [-0.25, -0.2) is 4.85 Å². The fourth-order valence-corrected chi connectivity index (χ4v) is 0.938. The minimum Gasteiger partial charge on any atom is -0.367 e. The van der Waals surface area contributed by atoms with E-state index in [0.29, 0.717) is 0 Å². The number of hydrogen-bond donors (Lipinski definition) is 1. The number of benzene rings is 1. The highest BCUT2D eigenvalue weighted by atomic mass is 16.1. The Kier molecular flexibility index (Phi) is 2.28. The Balaban J connectivity index is 3.49. The lowest BCUT2D eigenvalue weighted by Gasteiger charge is -1.99. The number of rotatable bonds is 1.